The molecule has 1 aromatic heterocycles. The van der Waals surface area contributed by atoms with Gasteiger partial charge in [0.25, 0.3) is 5.95 Å². The number of nitrogens with two attached hydrogens (primary N) is 1. The number of carbonyl (C=O) groups is 1. The largest absolute Gasteiger partial charge is 0.369 e. The van der Waals surface area contributed by atoms with Crippen LogP contribution in [0.3, 0.4) is 0 Å². The van der Waals surface area contributed by atoms with E-state index in [1.54, 1.807) is 0 Å². The molecule has 3 N–H and O–H groups in total. The standard InChI is InChI=1S/C24H31N7O/c1-17(19-12-8-13-20(16-19)21(32)18-10-6-5-7-11-18)22-26-24(29-28-22)27-23(25)31(4)15-9-14-30(2)3/h5-8,10-13,16-17H,9,14-15H2,1-4H3,(H3,25,26,27,28,29). The summed E-state index contributed by atoms with van der Waals surface area (Å²) in [5.74, 6) is 1.23. The van der Waals surface area contributed by atoms with Crippen molar-refractivity contribution >= 4 is 17.7 Å². The van der Waals surface area contributed by atoms with Crippen LogP contribution in [0.15, 0.2) is 59.6 Å². The Hall–Kier alpha value is -3.52. The van der Waals surface area contributed by atoms with Gasteiger partial charge in [0.05, 0.1) is 0 Å². The van der Waals surface area contributed by atoms with Crippen LogP contribution in [0.4, 0.5) is 5.95 Å². The number of aromatic amines is 1. The van der Waals surface area contributed by atoms with Gasteiger partial charge in [-0.1, -0.05) is 55.5 Å². The maximum Gasteiger partial charge on any atom is 0.271 e. The molecule has 0 spiro atoms. The number of benzene rings is 2. The predicted molar refractivity (Wildman–Crippen MR) is 127 cm³/mol. The first-order chi connectivity index (χ1) is 15.3. The lowest BCUT2D eigenvalue weighted by Crippen LogP contribution is -2.35. The Morgan fingerprint density at radius 1 is 1.06 bits per heavy atom. The molecule has 2 aromatic carbocycles. The smallest absolute Gasteiger partial charge is 0.271 e. The van der Waals surface area contributed by atoms with Gasteiger partial charge in [-0.05, 0) is 38.7 Å². The molecule has 8 heteroatoms. The average Bonchev–Trinajstić information content (AvgIpc) is 3.26. The van der Waals surface area contributed by atoms with E-state index in [1.165, 1.54) is 0 Å². The second kappa shape index (κ2) is 10.7. The third-order valence-corrected chi connectivity index (χ3v) is 5.29. The van der Waals surface area contributed by atoms with Crippen LogP contribution in [-0.2, 0) is 0 Å². The van der Waals surface area contributed by atoms with Crippen LogP contribution < -0.4 is 5.73 Å². The molecule has 3 rings (SSSR count). The highest BCUT2D eigenvalue weighted by Crippen LogP contribution is 2.24. The number of aliphatic imine (C=N–C) groups is 1. The molecule has 0 saturated heterocycles. The Labute approximate surface area is 189 Å². The van der Waals surface area contributed by atoms with Gasteiger partial charge in [-0.25, -0.2) is 0 Å². The Morgan fingerprint density at radius 3 is 2.50 bits per heavy atom. The van der Waals surface area contributed by atoms with E-state index >= 15 is 0 Å². The van der Waals surface area contributed by atoms with Gasteiger partial charge in [-0.15, -0.1) is 5.10 Å². The molecular formula is C24H31N7O. The Balaban J connectivity index is 1.70. The molecule has 0 saturated carbocycles. The van der Waals surface area contributed by atoms with Gasteiger partial charge < -0.3 is 15.5 Å². The number of ketones is 1. The van der Waals surface area contributed by atoms with E-state index in [4.69, 9.17) is 5.73 Å². The fourth-order valence-electron chi connectivity index (χ4n) is 3.30. The molecule has 0 radical (unpaired) electrons. The van der Waals surface area contributed by atoms with Crippen molar-refractivity contribution in [2.75, 3.05) is 34.2 Å². The Kier molecular flexibility index (Phi) is 7.72. The first-order valence-corrected chi connectivity index (χ1v) is 10.7. The second-order valence-electron chi connectivity index (χ2n) is 8.11. The van der Waals surface area contributed by atoms with Gasteiger partial charge in [-0.3, -0.25) is 9.89 Å². The number of hydrogen-bond acceptors (Lipinski definition) is 5. The van der Waals surface area contributed by atoms with E-state index in [1.807, 2.05) is 87.6 Å². The molecule has 0 aliphatic rings. The Morgan fingerprint density at radius 2 is 1.78 bits per heavy atom. The van der Waals surface area contributed by atoms with E-state index in [2.05, 4.69) is 25.1 Å². The SMILES string of the molecule is CC(c1cccc(C(=O)c2ccccc2)c1)c1nc(/N=C(\N)N(C)CCCN(C)C)n[nH]1. The van der Waals surface area contributed by atoms with Crippen LogP contribution in [0.25, 0.3) is 0 Å². The van der Waals surface area contributed by atoms with Crippen molar-refractivity contribution < 1.29 is 4.79 Å². The third-order valence-electron chi connectivity index (χ3n) is 5.29. The molecule has 32 heavy (non-hydrogen) atoms. The lowest BCUT2D eigenvalue weighted by molar-refractivity contribution is 0.103. The zero-order valence-corrected chi connectivity index (χ0v) is 19.1. The van der Waals surface area contributed by atoms with E-state index in [0.29, 0.717) is 28.9 Å². The molecule has 0 fully saturated rings. The molecule has 0 aliphatic carbocycles. The summed E-state index contributed by atoms with van der Waals surface area (Å²) >= 11 is 0. The lowest BCUT2D eigenvalue weighted by atomic mass is 9.95. The van der Waals surface area contributed by atoms with Crippen molar-refractivity contribution in [1.82, 2.24) is 25.0 Å². The van der Waals surface area contributed by atoms with E-state index in [0.717, 1.165) is 25.1 Å². The van der Waals surface area contributed by atoms with E-state index < -0.39 is 0 Å². The summed E-state index contributed by atoms with van der Waals surface area (Å²) in [6, 6.07) is 16.9. The first kappa shape index (κ1) is 23.1. The van der Waals surface area contributed by atoms with E-state index in [9.17, 15) is 4.79 Å². The minimum atomic E-state index is -0.0889. The summed E-state index contributed by atoms with van der Waals surface area (Å²) in [5.41, 5.74) is 8.37. The maximum absolute atomic E-state index is 12.8. The van der Waals surface area contributed by atoms with Crippen LogP contribution in [-0.4, -0.2) is 71.0 Å². The van der Waals surface area contributed by atoms with Crippen molar-refractivity contribution in [3.05, 3.63) is 77.1 Å². The fourth-order valence-corrected chi connectivity index (χ4v) is 3.30. The van der Waals surface area contributed by atoms with Crippen molar-refractivity contribution in [3.63, 3.8) is 0 Å². The van der Waals surface area contributed by atoms with Crippen molar-refractivity contribution in [3.8, 4) is 0 Å². The van der Waals surface area contributed by atoms with Crippen LogP contribution in [0, 0.1) is 0 Å². The minimum Gasteiger partial charge on any atom is -0.369 e. The van der Waals surface area contributed by atoms with Gasteiger partial charge in [0.2, 0.25) is 0 Å². The normalized spacial score (nSPS) is 12.7. The average molecular weight is 434 g/mol. The summed E-state index contributed by atoms with van der Waals surface area (Å²) in [6.45, 7) is 3.78. The molecule has 0 aliphatic heterocycles. The highest BCUT2D eigenvalue weighted by atomic mass is 16.1. The minimum absolute atomic E-state index is 0.00686. The van der Waals surface area contributed by atoms with Crippen molar-refractivity contribution in [1.29, 1.82) is 0 Å². The number of hydrogen-bond donors (Lipinski definition) is 2. The first-order valence-electron chi connectivity index (χ1n) is 10.7. The van der Waals surface area contributed by atoms with Gasteiger partial charge in [-0.2, -0.15) is 9.98 Å². The number of nitrogens with zero attached hydrogens (tertiary/aromatic N) is 5. The van der Waals surface area contributed by atoms with Crippen molar-refractivity contribution in [2.24, 2.45) is 10.7 Å². The summed E-state index contributed by atoms with van der Waals surface area (Å²) in [4.78, 5) is 25.6. The molecule has 3 aromatic rings. The van der Waals surface area contributed by atoms with Gasteiger partial charge in [0, 0.05) is 30.6 Å². The highest BCUT2D eigenvalue weighted by Gasteiger charge is 2.16. The maximum atomic E-state index is 12.8. The van der Waals surface area contributed by atoms with Gasteiger partial charge in [0.15, 0.2) is 11.7 Å². The van der Waals surface area contributed by atoms with Crippen LogP contribution in [0.1, 0.15) is 46.6 Å². The summed E-state index contributed by atoms with van der Waals surface area (Å²) in [6.07, 6.45) is 0.980. The number of rotatable bonds is 9. The lowest BCUT2D eigenvalue weighted by Gasteiger charge is -2.18. The molecule has 1 atom stereocenters. The number of H-pyrrole nitrogens is 1. The van der Waals surface area contributed by atoms with Crippen LogP contribution >= 0.6 is 0 Å². The number of carbonyl (C=O) groups excluding carboxylic acids is 1. The number of aromatic nitrogens is 3. The predicted octanol–water partition coefficient (Wildman–Crippen LogP) is 3.02. The van der Waals surface area contributed by atoms with Crippen LogP contribution in [0.5, 0.6) is 0 Å². The second-order valence-corrected chi connectivity index (χ2v) is 8.11. The molecule has 168 valence electrons. The molecule has 8 nitrogen and oxygen atoms in total. The summed E-state index contributed by atoms with van der Waals surface area (Å²) < 4.78 is 0. The molecular weight excluding hydrogens is 402 g/mol. The molecule has 0 bridgehead atoms. The van der Waals surface area contributed by atoms with Crippen LogP contribution in [0.2, 0.25) is 0 Å². The third kappa shape index (κ3) is 6.01. The highest BCUT2D eigenvalue weighted by molar-refractivity contribution is 6.09. The summed E-state index contributed by atoms with van der Waals surface area (Å²) in [7, 11) is 5.99. The quantitative estimate of drug-likeness (QED) is 0.305. The molecule has 0 amide bonds. The van der Waals surface area contributed by atoms with E-state index in [-0.39, 0.29) is 11.7 Å². The van der Waals surface area contributed by atoms with Gasteiger partial charge in [0.1, 0.15) is 5.82 Å². The summed E-state index contributed by atoms with van der Waals surface area (Å²) in [5, 5.41) is 7.15. The topological polar surface area (TPSA) is 104 Å². The number of nitrogens with one attached hydrogen (secondary N) is 1. The Bertz CT molecular complexity index is 1060. The fraction of sp³-hybridized carbons (Fsp3) is 0.333. The number of guanidine groups is 1. The van der Waals surface area contributed by atoms with Crippen molar-refractivity contribution in [2.45, 2.75) is 19.3 Å². The zero-order valence-electron chi connectivity index (χ0n) is 19.1. The van der Waals surface area contributed by atoms with Gasteiger partial charge >= 0.3 is 0 Å². The molecule has 1 heterocycles. The molecule has 1 unspecified atom stereocenters. The zero-order chi connectivity index (χ0) is 23.1. The monoisotopic (exact) mass is 433 g/mol.